The molecule has 2 aliphatic heterocycles. The summed E-state index contributed by atoms with van der Waals surface area (Å²) >= 11 is 0. The molecular weight excluding hydrogens is 469 g/mol. The summed E-state index contributed by atoms with van der Waals surface area (Å²) in [6.45, 7) is 6.22. The van der Waals surface area contributed by atoms with E-state index in [1.165, 1.54) is 6.07 Å². The lowest BCUT2D eigenvalue weighted by atomic mass is 9.81. The number of benzene rings is 1. The monoisotopic (exact) mass is 501 g/mol. The third kappa shape index (κ3) is 4.14. The van der Waals surface area contributed by atoms with E-state index >= 15 is 0 Å². The van der Waals surface area contributed by atoms with Crippen LogP contribution in [0.1, 0.15) is 61.0 Å². The van der Waals surface area contributed by atoms with E-state index in [2.05, 4.69) is 0 Å². The maximum Gasteiger partial charge on any atom is 0.459 e. The average molecular weight is 502 g/mol. The first-order valence-corrected chi connectivity index (χ1v) is 11.6. The van der Waals surface area contributed by atoms with Crippen LogP contribution in [0.2, 0.25) is 0 Å². The third-order valence-electron chi connectivity index (χ3n) is 7.54. The van der Waals surface area contributed by atoms with Gasteiger partial charge in [-0.25, -0.2) is 0 Å². The summed E-state index contributed by atoms with van der Waals surface area (Å²) in [5, 5.41) is 10.3. The molecular formula is C25H32F5N3O2. The Labute approximate surface area is 202 Å². The predicted molar refractivity (Wildman–Crippen MR) is 122 cm³/mol. The van der Waals surface area contributed by atoms with Crippen molar-refractivity contribution in [3.05, 3.63) is 58.4 Å². The molecule has 10 heteroatoms. The summed E-state index contributed by atoms with van der Waals surface area (Å²) in [6.07, 6.45) is -4.85. The molecule has 0 atom stereocenters. The van der Waals surface area contributed by atoms with Gasteiger partial charge in [0.05, 0.1) is 16.8 Å². The van der Waals surface area contributed by atoms with Crippen LogP contribution in [0.5, 0.6) is 0 Å². The molecule has 194 valence electrons. The number of likely N-dealkylation sites (tertiary alicyclic amines) is 1. The molecule has 1 saturated heterocycles. The van der Waals surface area contributed by atoms with Crippen LogP contribution in [0.3, 0.4) is 0 Å². The molecule has 1 fully saturated rings. The number of fused-ring (bicyclic) bond motifs is 2. The molecule has 0 unspecified atom stereocenters. The molecule has 0 saturated carbocycles. The highest BCUT2D eigenvalue weighted by atomic mass is 19.4. The van der Waals surface area contributed by atoms with Gasteiger partial charge in [-0.05, 0) is 76.1 Å². The SMILES string of the molecule is Cc1cc(C(=O)N2CCC3(CC2)c2ccc(C(F)(F)C(F)(F)F)n2CCN3C)ccc1C(C)(C)O.[HH]. The van der Waals surface area contributed by atoms with Gasteiger partial charge in [-0.15, -0.1) is 0 Å². The van der Waals surface area contributed by atoms with Crippen molar-refractivity contribution in [2.45, 2.75) is 63.4 Å². The number of alkyl halides is 5. The minimum atomic E-state index is -5.67. The van der Waals surface area contributed by atoms with Crippen LogP contribution in [-0.4, -0.2) is 58.2 Å². The van der Waals surface area contributed by atoms with Gasteiger partial charge in [0.1, 0.15) is 0 Å². The molecule has 1 N–H and O–H groups in total. The van der Waals surface area contributed by atoms with Gasteiger partial charge in [0, 0.05) is 38.9 Å². The Bertz CT molecular complexity index is 1130. The topological polar surface area (TPSA) is 48.7 Å². The first-order chi connectivity index (χ1) is 16.1. The molecule has 4 rings (SSSR count). The summed E-state index contributed by atoms with van der Waals surface area (Å²) in [5.41, 5.74) is -0.362. The minimum absolute atomic E-state index is 0. The van der Waals surface area contributed by atoms with E-state index < -0.39 is 28.9 Å². The molecule has 5 nitrogen and oxygen atoms in total. The maximum absolute atomic E-state index is 14.2. The quantitative estimate of drug-likeness (QED) is 0.603. The number of hydrogen-bond acceptors (Lipinski definition) is 3. The Balaban J connectivity index is 0.00000361. The Morgan fingerprint density at radius 2 is 1.63 bits per heavy atom. The predicted octanol–water partition coefficient (Wildman–Crippen LogP) is 5.00. The Morgan fingerprint density at radius 3 is 2.17 bits per heavy atom. The van der Waals surface area contributed by atoms with Crippen molar-refractivity contribution in [2.24, 2.45) is 0 Å². The summed E-state index contributed by atoms with van der Waals surface area (Å²) in [6, 6.07) is 7.41. The molecule has 3 heterocycles. The van der Waals surface area contributed by atoms with Crippen LogP contribution in [0.25, 0.3) is 0 Å². The lowest BCUT2D eigenvalue weighted by Crippen LogP contribution is -2.57. The van der Waals surface area contributed by atoms with Gasteiger partial charge in [0.25, 0.3) is 5.91 Å². The molecule has 0 aliphatic carbocycles. The molecule has 2 aliphatic rings. The Hall–Kier alpha value is -2.46. The number of nitrogens with zero attached hydrogens (tertiary/aromatic N) is 3. The Kier molecular flexibility index (Phi) is 6.08. The van der Waals surface area contributed by atoms with E-state index in [1.54, 1.807) is 36.9 Å². The molecule has 1 aromatic carbocycles. The van der Waals surface area contributed by atoms with Gasteiger partial charge in [0.2, 0.25) is 0 Å². The molecule has 35 heavy (non-hydrogen) atoms. The number of carbonyl (C=O) groups excluding carboxylic acids is 1. The number of likely N-dealkylation sites (N-methyl/N-ethyl adjacent to an activating group) is 1. The van der Waals surface area contributed by atoms with Crippen molar-refractivity contribution in [3.8, 4) is 0 Å². The molecule has 2 aromatic rings. The van der Waals surface area contributed by atoms with Gasteiger partial charge in [-0.3, -0.25) is 9.69 Å². The summed E-state index contributed by atoms with van der Waals surface area (Å²) in [5.74, 6) is -5.12. The zero-order valence-electron chi connectivity index (χ0n) is 20.2. The van der Waals surface area contributed by atoms with Crippen LogP contribution in [0.15, 0.2) is 30.3 Å². The van der Waals surface area contributed by atoms with E-state index in [4.69, 9.17) is 0 Å². The summed E-state index contributed by atoms with van der Waals surface area (Å²) in [4.78, 5) is 16.9. The molecule has 1 amide bonds. The third-order valence-corrected chi connectivity index (χ3v) is 7.54. The number of halogens is 5. The van der Waals surface area contributed by atoms with E-state index in [1.807, 2.05) is 18.9 Å². The van der Waals surface area contributed by atoms with Crippen LogP contribution in [-0.2, 0) is 23.6 Å². The first-order valence-electron chi connectivity index (χ1n) is 11.6. The van der Waals surface area contributed by atoms with Crippen LogP contribution in [0.4, 0.5) is 22.0 Å². The van der Waals surface area contributed by atoms with Crippen molar-refractivity contribution < 1.29 is 33.3 Å². The van der Waals surface area contributed by atoms with Crippen molar-refractivity contribution >= 4 is 5.91 Å². The van der Waals surface area contributed by atoms with Crippen LogP contribution >= 0.6 is 0 Å². The van der Waals surface area contributed by atoms with Gasteiger partial charge >= 0.3 is 12.1 Å². The fourth-order valence-electron chi connectivity index (χ4n) is 5.58. The van der Waals surface area contributed by atoms with Crippen molar-refractivity contribution in [1.82, 2.24) is 14.4 Å². The van der Waals surface area contributed by atoms with Crippen LogP contribution in [0, 0.1) is 6.92 Å². The molecule has 0 bridgehead atoms. The number of piperidine rings is 1. The second-order valence-corrected chi connectivity index (χ2v) is 10.2. The van der Waals surface area contributed by atoms with Crippen LogP contribution < -0.4 is 0 Å². The molecule has 0 radical (unpaired) electrons. The molecule has 1 spiro atoms. The van der Waals surface area contributed by atoms with Crippen molar-refractivity contribution in [1.29, 1.82) is 0 Å². The highest BCUT2D eigenvalue weighted by molar-refractivity contribution is 5.94. The number of amides is 1. The second kappa shape index (κ2) is 8.30. The molecule has 1 aromatic heterocycles. The average Bonchev–Trinajstić information content (AvgIpc) is 3.20. The zero-order valence-corrected chi connectivity index (χ0v) is 20.2. The maximum atomic E-state index is 14.2. The number of hydrogen-bond donors (Lipinski definition) is 1. The fraction of sp³-hybridized carbons (Fsp3) is 0.560. The summed E-state index contributed by atoms with van der Waals surface area (Å²) in [7, 11) is 1.84. The van der Waals surface area contributed by atoms with Gasteiger partial charge in [-0.1, -0.05) is 6.07 Å². The number of aliphatic hydroxyl groups is 1. The summed E-state index contributed by atoms with van der Waals surface area (Å²) < 4.78 is 68.7. The van der Waals surface area contributed by atoms with E-state index in [-0.39, 0.29) is 13.9 Å². The van der Waals surface area contributed by atoms with E-state index in [0.29, 0.717) is 43.7 Å². The van der Waals surface area contributed by atoms with Gasteiger partial charge in [-0.2, -0.15) is 22.0 Å². The van der Waals surface area contributed by atoms with Crippen molar-refractivity contribution in [2.75, 3.05) is 26.7 Å². The smallest absolute Gasteiger partial charge is 0.386 e. The highest BCUT2D eigenvalue weighted by Gasteiger charge is 2.61. The van der Waals surface area contributed by atoms with Crippen molar-refractivity contribution in [3.63, 3.8) is 0 Å². The standard InChI is InChI=1S/C25H30F5N3O2.H2/c1-16-15-17(5-6-18(16)22(2,3)35)21(34)32-11-9-23(10-12-32)19-7-8-20(24(26,27)25(28,29)30)33(19)14-13-31(23)4;/h5-8,15,35H,9-14H2,1-4H3;1H. The van der Waals surface area contributed by atoms with Gasteiger partial charge < -0.3 is 14.6 Å². The number of aromatic nitrogens is 1. The number of rotatable bonds is 3. The van der Waals surface area contributed by atoms with Gasteiger partial charge in [0.15, 0.2) is 0 Å². The van der Waals surface area contributed by atoms with E-state index in [9.17, 15) is 31.9 Å². The number of carbonyl (C=O) groups is 1. The lowest BCUT2D eigenvalue weighted by Gasteiger charge is -2.50. The highest BCUT2D eigenvalue weighted by Crippen LogP contribution is 2.48. The number of aryl methyl sites for hydroxylation is 1. The normalized spacial score (nSPS) is 19.2. The zero-order chi connectivity index (χ0) is 26.0. The largest absolute Gasteiger partial charge is 0.459 e. The fourth-order valence-corrected chi connectivity index (χ4v) is 5.58. The second-order valence-electron chi connectivity index (χ2n) is 10.2. The van der Waals surface area contributed by atoms with E-state index in [0.717, 1.165) is 21.8 Å². The minimum Gasteiger partial charge on any atom is -0.386 e. The Morgan fingerprint density at radius 1 is 1.00 bits per heavy atom. The lowest BCUT2D eigenvalue weighted by molar-refractivity contribution is -0.292. The first kappa shape index (κ1) is 25.6.